The number of rotatable bonds is 35. The molecule has 11 N–H and O–H groups in total. The molecule has 0 aliphatic heterocycles. The van der Waals surface area contributed by atoms with Crippen molar-refractivity contribution in [3.8, 4) is 22.3 Å². The number of imide groups is 2. The Morgan fingerprint density at radius 2 is 0.688 bits per heavy atom. The molecule has 125 heavy (non-hydrogen) atoms. The minimum absolute atomic E-state index is 0.142. The van der Waals surface area contributed by atoms with Crippen molar-refractivity contribution in [3.05, 3.63) is 119 Å². The highest BCUT2D eigenvalue weighted by Gasteiger charge is 2.54. The van der Waals surface area contributed by atoms with E-state index in [4.69, 9.17) is 38.8 Å². The molecule has 0 bridgehead atoms. The number of benzene rings is 4. The molecule has 32 heteroatoms. The summed E-state index contributed by atoms with van der Waals surface area (Å²) in [6.07, 6.45) is 12.4. The molecule has 10 rings (SSSR count). The summed E-state index contributed by atoms with van der Waals surface area (Å²) >= 11 is 14.7. The molecule has 0 radical (unpaired) electrons. The lowest BCUT2D eigenvalue weighted by molar-refractivity contribution is -0.147. The zero-order valence-corrected chi connectivity index (χ0v) is 78.1. The Bertz CT molecular complexity index is 4630. The molecule has 9 atom stereocenters. The Labute approximate surface area is 745 Å². The van der Waals surface area contributed by atoms with Gasteiger partial charge in [-0.25, -0.2) is 19.4 Å². The van der Waals surface area contributed by atoms with Gasteiger partial charge in [0.15, 0.2) is 0 Å². The smallest absolute Gasteiger partial charge is 0.417 e. The Kier molecular flexibility index (Phi) is 33.7. The van der Waals surface area contributed by atoms with Gasteiger partial charge in [0.2, 0.25) is 59.1 Å². The predicted molar refractivity (Wildman–Crippen MR) is 489 cm³/mol. The average Bonchev–Trinajstić information content (AvgIpc) is 1.70. The Morgan fingerprint density at radius 1 is 0.384 bits per heavy atom. The van der Waals surface area contributed by atoms with Crippen LogP contribution in [0.2, 0.25) is 0 Å². The van der Waals surface area contributed by atoms with E-state index in [-0.39, 0.29) is 41.6 Å². The van der Waals surface area contributed by atoms with Crippen molar-refractivity contribution in [3.63, 3.8) is 0 Å². The van der Waals surface area contributed by atoms with E-state index in [1.165, 1.54) is 76.2 Å². The zero-order valence-electron chi connectivity index (χ0n) is 74.7. The first-order valence-electron chi connectivity index (χ1n) is 44.8. The van der Waals surface area contributed by atoms with Crippen LogP contribution in [0.15, 0.2) is 97.1 Å². The minimum Gasteiger partial charge on any atom is -0.448 e. The summed E-state index contributed by atoms with van der Waals surface area (Å²) in [6, 6.07) is 10.9. The predicted octanol–water partition coefficient (Wildman–Crippen LogP) is 11.0. The van der Waals surface area contributed by atoms with Gasteiger partial charge in [0.05, 0.1) is 0 Å². The summed E-state index contributed by atoms with van der Waals surface area (Å²) in [5, 5.41) is 23.8. The van der Waals surface area contributed by atoms with Gasteiger partial charge in [-0.3, -0.25) is 57.5 Å². The molecule has 4 aromatic rings. The van der Waals surface area contributed by atoms with Crippen molar-refractivity contribution in [2.75, 3.05) is 25.5 Å². The van der Waals surface area contributed by atoms with Crippen LogP contribution in [-0.4, -0.2) is 207 Å². The highest BCUT2D eigenvalue weighted by Crippen LogP contribution is 2.66. The molecule has 680 valence electrons. The first-order chi connectivity index (χ1) is 59.2. The van der Waals surface area contributed by atoms with Crippen LogP contribution in [0, 0.1) is 5.92 Å². The van der Waals surface area contributed by atoms with Crippen molar-refractivity contribution in [1.82, 2.24) is 57.7 Å². The first-order valence-corrected chi connectivity index (χ1v) is 51.0. The van der Waals surface area contributed by atoms with Gasteiger partial charge in [-0.15, -0.1) is 0 Å². The van der Waals surface area contributed by atoms with E-state index >= 15 is 28.8 Å². The van der Waals surface area contributed by atoms with Crippen molar-refractivity contribution < 1.29 is 76.6 Å². The van der Waals surface area contributed by atoms with E-state index < -0.39 is 185 Å². The molecule has 6 aliphatic carbocycles. The van der Waals surface area contributed by atoms with E-state index in [9.17, 15) is 38.4 Å². The van der Waals surface area contributed by atoms with Crippen LogP contribution in [0.25, 0.3) is 22.3 Å². The Morgan fingerprint density at radius 3 is 1.04 bits per heavy atom. The summed E-state index contributed by atoms with van der Waals surface area (Å²) in [7, 11) is 0. The fourth-order valence-electron chi connectivity index (χ4n) is 19.0. The van der Waals surface area contributed by atoms with Gasteiger partial charge in [0, 0.05) is 31.1 Å². The molecule has 4 fully saturated rings. The van der Waals surface area contributed by atoms with Gasteiger partial charge < -0.3 is 63.1 Å². The van der Waals surface area contributed by atoms with Crippen molar-refractivity contribution in [2.45, 2.75) is 318 Å². The van der Waals surface area contributed by atoms with Crippen LogP contribution >= 0.6 is 12.1 Å². The minimum atomic E-state index is -3.17. The second kappa shape index (κ2) is 43.0. The molecule has 28 nitrogen and oxygen atoms in total. The summed E-state index contributed by atoms with van der Waals surface area (Å²) in [5.41, 5.74) is 8.13. The molecule has 4 aromatic carbocycles. The number of nitrogens with one attached hydrogen (secondary N) is 9. The number of carbonyl (C=O) groups is 14. The Balaban J connectivity index is 1.10. The third kappa shape index (κ3) is 23.6. The number of primary amides is 1. The van der Waals surface area contributed by atoms with Crippen LogP contribution in [-0.2, 0) is 90.6 Å². The quantitative estimate of drug-likeness (QED) is 0.0191. The lowest BCUT2D eigenvalue weighted by Crippen LogP contribution is -2.65. The monoisotopic (exact) mass is 1800 g/mol. The maximum Gasteiger partial charge on any atom is 0.417 e. The molecule has 0 spiro atoms. The molecule has 0 heterocycles. The van der Waals surface area contributed by atoms with Gasteiger partial charge in [-0.05, 0) is 206 Å². The van der Waals surface area contributed by atoms with Crippen LogP contribution < -0.4 is 53.6 Å². The van der Waals surface area contributed by atoms with Gasteiger partial charge in [-0.2, -0.15) is 0 Å². The third-order valence-corrected chi connectivity index (χ3v) is 39.6. The largest absolute Gasteiger partial charge is 0.448 e. The van der Waals surface area contributed by atoms with E-state index in [1.54, 1.807) is 13.8 Å². The van der Waals surface area contributed by atoms with Crippen LogP contribution in [0.3, 0.4) is 0 Å². The normalized spacial score (nSPS) is 18.2. The maximum atomic E-state index is 18.3. The van der Waals surface area contributed by atoms with Crippen LogP contribution in [0.4, 0.5) is 9.59 Å². The number of fused-ring (bicyclic) bond motifs is 6. The zero-order chi connectivity index (χ0) is 91.2. The van der Waals surface area contributed by atoms with Crippen LogP contribution in [0.5, 0.6) is 0 Å². The Hall–Kier alpha value is -9.24. The number of amides is 14. The lowest BCUT2D eigenvalue weighted by Gasteiger charge is -2.46. The van der Waals surface area contributed by atoms with E-state index in [0.29, 0.717) is 56.3 Å². The number of nitrogens with zero attached hydrogens (tertiary/aromatic N) is 2. The molecular weight excluding hydrogens is 1670 g/mol. The SMILES string of the molecule is CC(=O)N[C@@H](C)C(=O)NC(C)(C)C(=O)N[C@@H](C)C(=O)N(C(=O)OCC1c2ccccc2-c2ccccc21)[C@@H](CP(=S)(C1CCCCC1)C1CCCCC1)C(=O)N(C(=O)OCC1c2ccccc2-c2ccccc21)[C@@H](CP(=S)(C1CCCCC1)C1CCCCC1)C(=O)N[C@@H](C)C(=O)N[C@@H](C)C(=O)N[C@H](C(=O)N[C@@H](C)C(=O)NC(C)(C)C(=O)N[C@@H](C)C(N)=O)C(C)C. The number of hydrogen-bond acceptors (Lipinski definition) is 18. The summed E-state index contributed by atoms with van der Waals surface area (Å²) in [5.74, 6) is -12.3. The second-order valence-electron chi connectivity index (χ2n) is 36.7. The standard InChI is InChI=1S/C93H130N12O16P2S2/c1-54(2)78(85(113)98-59(7)83(111)103-92(10,11)88(116)99-55(3)79(94)107)101-81(109)57(5)96-80(108)56(4)97-84(112)76(52-122(124,62-34-18-14-19-35-62)63-36-20-15-21-37-63)104(90(118)120-50-74-70-46-30-26-42-66(70)67-43-27-31-47-71(67)74)87(115)77(53-123(125,64-38-22-16-23-39-64)65-40-24-17-25-41-65)105(86(114)60(8)100-89(117)93(12,13)102-82(110)58(6)95-61(9)106)91(119)121-51-75-72-48-32-28-44-68(72)69-45-29-33-49-73(69)75/h26-33,42-49,54-60,62-65,74-78H,14-25,34-41,50-53H2,1-13H3,(H2,94,107)(H,95,106)(H,96,108)(H,97,112)(H,98,113)(H,99,116)(H,100,117)(H,101,109)(H,102,110)(H,103,111)/t55-,56-,57-,58-,59-,60-,76-,77-,78-/m0/s1. The van der Waals surface area contributed by atoms with Crippen molar-refractivity contribution in [1.29, 1.82) is 0 Å². The van der Waals surface area contributed by atoms with Gasteiger partial charge in [0.25, 0.3) is 11.8 Å². The van der Waals surface area contributed by atoms with E-state index in [1.807, 2.05) is 97.1 Å². The maximum absolute atomic E-state index is 18.3. The van der Waals surface area contributed by atoms with Gasteiger partial charge >= 0.3 is 12.2 Å². The molecule has 0 unspecified atom stereocenters. The number of ether oxygens (including phenoxy) is 2. The number of hydrogen-bond donors (Lipinski definition) is 10. The topological polar surface area (TPSA) is 398 Å². The van der Waals surface area contributed by atoms with E-state index in [0.717, 1.165) is 126 Å². The fourth-order valence-corrected chi connectivity index (χ4v) is 31.4. The van der Waals surface area contributed by atoms with Crippen molar-refractivity contribution >= 4 is 119 Å². The second-order valence-corrected chi connectivity index (χ2v) is 47.8. The molecule has 6 aliphatic rings. The highest BCUT2D eigenvalue weighted by atomic mass is 32.4. The fraction of sp³-hybridized carbons (Fsp3) is 0.591. The molecule has 0 saturated heterocycles. The molecule has 14 amide bonds. The summed E-state index contributed by atoms with van der Waals surface area (Å²) < 4.78 is 13.4. The summed E-state index contributed by atoms with van der Waals surface area (Å²) in [6.45, 7) is 17.6. The molecular formula is C93H130N12O16P2S2. The number of nitrogens with two attached hydrogens (primary N) is 1. The lowest BCUT2D eigenvalue weighted by atomic mass is 9.98. The van der Waals surface area contributed by atoms with Gasteiger partial charge in [-0.1, -0.05) is 212 Å². The van der Waals surface area contributed by atoms with E-state index in [2.05, 4.69) is 47.9 Å². The molecule has 4 saturated carbocycles. The summed E-state index contributed by atoms with van der Waals surface area (Å²) in [4.78, 5) is 210. The number of carbonyl (C=O) groups excluding carboxylic acids is 14. The highest BCUT2D eigenvalue weighted by molar-refractivity contribution is 8.15. The molecule has 0 aromatic heterocycles. The van der Waals surface area contributed by atoms with Gasteiger partial charge in [0.1, 0.15) is 78.7 Å². The third-order valence-electron chi connectivity index (χ3n) is 26.3. The van der Waals surface area contributed by atoms with Crippen LogP contribution in [0.1, 0.15) is 253 Å². The van der Waals surface area contributed by atoms with Crippen molar-refractivity contribution in [2.24, 2.45) is 11.7 Å². The first kappa shape index (κ1) is 97.9. The average molecular weight is 1800 g/mol.